The zero-order valence-electron chi connectivity index (χ0n) is 15.3. The molecule has 30 heavy (non-hydrogen) atoms. The first-order valence-electron chi connectivity index (χ1n) is 8.52. The molecule has 0 radical (unpaired) electrons. The molecule has 3 aromatic carbocycles. The van der Waals surface area contributed by atoms with Crippen molar-refractivity contribution in [2.75, 3.05) is 7.11 Å². The summed E-state index contributed by atoms with van der Waals surface area (Å²) in [4.78, 5) is 8.98. The summed E-state index contributed by atoms with van der Waals surface area (Å²) >= 11 is 18.9. The minimum atomic E-state index is -0.0132. The number of phenols is 1. The molecule has 0 aliphatic carbocycles. The molecule has 4 aromatic rings. The zero-order valence-corrected chi connectivity index (χ0v) is 20.0. The number of rotatable bonds is 4. The number of methoxy groups -OCH3 is 1. The van der Waals surface area contributed by atoms with Gasteiger partial charge in [-0.05, 0) is 74.3 Å². The Morgan fingerprint density at radius 2 is 1.90 bits per heavy atom. The number of hydrogen-bond donors (Lipinski definition) is 1. The SMILES string of the molecule is COc1cc(Br)c(Br)c(C=Nc2ccc3oc(-c4ccc(Cl)c(Cl)c4)nc3c2)c1O. The number of nitrogens with zero attached hydrogens (tertiary/aromatic N) is 2. The Kier molecular flexibility index (Phi) is 6.06. The van der Waals surface area contributed by atoms with Gasteiger partial charge in [-0.1, -0.05) is 23.2 Å². The fourth-order valence-electron chi connectivity index (χ4n) is 2.77. The second-order valence-corrected chi connectivity index (χ2v) is 8.66. The molecule has 1 aromatic heterocycles. The van der Waals surface area contributed by atoms with Crippen LogP contribution in [0.5, 0.6) is 11.5 Å². The average molecular weight is 571 g/mol. The topological polar surface area (TPSA) is 67.9 Å². The number of ether oxygens (including phenoxy) is 1. The minimum Gasteiger partial charge on any atom is -0.504 e. The Bertz CT molecular complexity index is 1310. The highest BCUT2D eigenvalue weighted by atomic mass is 79.9. The zero-order chi connectivity index (χ0) is 21.4. The Morgan fingerprint density at radius 1 is 1.10 bits per heavy atom. The molecule has 4 rings (SSSR count). The van der Waals surface area contributed by atoms with Crippen molar-refractivity contribution in [3.8, 4) is 23.0 Å². The molecule has 0 saturated heterocycles. The first kappa shape index (κ1) is 21.2. The van der Waals surface area contributed by atoms with Crippen LogP contribution in [0, 0.1) is 0 Å². The molecule has 0 bridgehead atoms. The van der Waals surface area contributed by atoms with Crippen LogP contribution in [-0.2, 0) is 0 Å². The maximum atomic E-state index is 10.4. The van der Waals surface area contributed by atoms with Gasteiger partial charge in [-0.15, -0.1) is 0 Å². The highest BCUT2D eigenvalue weighted by Crippen LogP contribution is 2.40. The molecule has 0 aliphatic heterocycles. The molecule has 0 atom stereocenters. The third-order valence-electron chi connectivity index (χ3n) is 4.29. The number of aromatic nitrogens is 1. The van der Waals surface area contributed by atoms with Gasteiger partial charge in [-0.2, -0.15) is 0 Å². The Morgan fingerprint density at radius 3 is 2.63 bits per heavy atom. The van der Waals surface area contributed by atoms with Crippen molar-refractivity contribution < 1.29 is 14.3 Å². The van der Waals surface area contributed by atoms with Crippen molar-refractivity contribution in [3.63, 3.8) is 0 Å². The summed E-state index contributed by atoms with van der Waals surface area (Å²) in [5.74, 6) is 0.757. The van der Waals surface area contributed by atoms with Crippen LogP contribution in [0.1, 0.15) is 5.56 Å². The quantitative estimate of drug-likeness (QED) is 0.254. The van der Waals surface area contributed by atoms with E-state index >= 15 is 0 Å². The van der Waals surface area contributed by atoms with E-state index in [-0.39, 0.29) is 5.75 Å². The minimum absolute atomic E-state index is 0.0132. The molecule has 0 aliphatic rings. The predicted molar refractivity (Wildman–Crippen MR) is 127 cm³/mol. The molecular weight excluding hydrogens is 559 g/mol. The summed E-state index contributed by atoms with van der Waals surface area (Å²) in [6.07, 6.45) is 1.55. The van der Waals surface area contributed by atoms with Gasteiger partial charge in [0.25, 0.3) is 0 Å². The molecule has 0 saturated carbocycles. The third kappa shape index (κ3) is 4.07. The van der Waals surface area contributed by atoms with Gasteiger partial charge in [0, 0.05) is 20.7 Å². The van der Waals surface area contributed by atoms with Crippen LogP contribution in [0.2, 0.25) is 10.0 Å². The van der Waals surface area contributed by atoms with Crippen molar-refractivity contribution >= 4 is 78.1 Å². The van der Waals surface area contributed by atoms with Gasteiger partial charge < -0.3 is 14.3 Å². The fraction of sp³-hybridized carbons (Fsp3) is 0.0476. The van der Waals surface area contributed by atoms with Crippen LogP contribution in [0.3, 0.4) is 0 Å². The van der Waals surface area contributed by atoms with Crippen LogP contribution in [0.4, 0.5) is 5.69 Å². The summed E-state index contributed by atoms with van der Waals surface area (Å²) in [7, 11) is 1.49. The molecular formula is C21H12Br2Cl2N2O3. The van der Waals surface area contributed by atoms with E-state index in [0.29, 0.717) is 48.5 Å². The van der Waals surface area contributed by atoms with Crippen molar-refractivity contribution in [2.24, 2.45) is 4.99 Å². The van der Waals surface area contributed by atoms with Gasteiger partial charge in [-0.25, -0.2) is 4.98 Å². The number of fused-ring (bicyclic) bond motifs is 1. The summed E-state index contributed by atoms with van der Waals surface area (Å²) in [5, 5.41) is 11.3. The van der Waals surface area contributed by atoms with Crippen molar-refractivity contribution in [3.05, 3.63) is 67.0 Å². The molecule has 0 fully saturated rings. The first-order valence-corrected chi connectivity index (χ1v) is 10.9. The molecule has 1 heterocycles. The fourth-order valence-corrected chi connectivity index (χ4v) is 3.90. The van der Waals surface area contributed by atoms with E-state index in [4.69, 9.17) is 32.4 Å². The Balaban J connectivity index is 1.70. The predicted octanol–water partition coefficient (Wildman–Crippen LogP) is 7.79. The normalized spacial score (nSPS) is 11.5. The molecule has 5 nitrogen and oxygen atoms in total. The summed E-state index contributed by atoms with van der Waals surface area (Å²) in [6, 6.07) is 12.2. The molecule has 152 valence electrons. The standard InChI is InChI=1S/C21H12Br2Cl2N2O3/c1-29-18-8-13(22)19(23)12(20(18)28)9-26-11-3-5-17-16(7-11)27-21(30-17)10-2-4-14(24)15(25)6-10/h2-9,28H,1H3. The van der Waals surface area contributed by atoms with E-state index in [1.165, 1.54) is 7.11 Å². The molecule has 0 unspecified atom stereocenters. The smallest absolute Gasteiger partial charge is 0.227 e. The van der Waals surface area contributed by atoms with Gasteiger partial charge in [0.15, 0.2) is 17.1 Å². The van der Waals surface area contributed by atoms with Gasteiger partial charge >= 0.3 is 0 Å². The second kappa shape index (κ2) is 8.59. The highest BCUT2D eigenvalue weighted by molar-refractivity contribution is 9.13. The first-order chi connectivity index (χ1) is 14.4. The van der Waals surface area contributed by atoms with E-state index in [1.807, 2.05) is 0 Å². The number of aliphatic imine (C=N–C) groups is 1. The Labute approximate surface area is 198 Å². The molecule has 0 amide bonds. The van der Waals surface area contributed by atoms with Crippen LogP contribution in [0.25, 0.3) is 22.6 Å². The van der Waals surface area contributed by atoms with Gasteiger partial charge in [0.05, 0.1) is 28.4 Å². The van der Waals surface area contributed by atoms with E-state index in [1.54, 1.807) is 48.7 Å². The summed E-state index contributed by atoms with van der Waals surface area (Å²) in [6.45, 7) is 0. The average Bonchev–Trinajstić information content (AvgIpc) is 3.16. The van der Waals surface area contributed by atoms with E-state index < -0.39 is 0 Å². The summed E-state index contributed by atoms with van der Waals surface area (Å²) < 4.78 is 12.4. The van der Waals surface area contributed by atoms with Crippen LogP contribution < -0.4 is 4.74 Å². The molecule has 0 spiro atoms. The second-order valence-electron chi connectivity index (χ2n) is 6.20. The van der Waals surface area contributed by atoms with E-state index in [0.717, 1.165) is 10.0 Å². The van der Waals surface area contributed by atoms with E-state index in [2.05, 4.69) is 41.8 Å². The van der Waals surface area contributed by atoms with Gasteiger partial charge in [0.2, 0.25) is 5.89 Å². The monoisotopic (exact) mass is 568 g/mol. The van der Waals surface area contributed by atoms with Crippen molar-refractivity contribution in [1.82, 2.24) is 4.98 Å². The molecule has 9 heteroatoms. The lowest BCUT2D eigenvalue weighted by Gasteiger charge is -2.09. The number of benzene rings is 3. The van der Waals surface area contributed by atoms with Crippen LogP contribution >= 0.6 is 55.1 Å². The van der Waals surface area contributed by atoms with Gasteiger partial charge in [-0.3, -0.25) is 4.99 Å². The molecule has 1 N–H and O–H groups in total. The number of aromatic hydroxyl groups is 1. The lowest BCUT2D eigenvalue weighted by Crippen LogP contribution is -1.91. The number of hydrogen-bond acceptors (Lipinski definition) is 5. The highest BCUT2D eigenvalue weighted by Gasteiger charge is 2.15. The van der Waals surface area contributed by atoms with Crippen molar-refractivity contribution in [1.29, 1.82) is 0 Å². The van der Waals surface area contributed by atoms with Crippen LogP contribution in [0.15, 0.2) is 60.8 Å². The number of oxazole rings is 1. The van der Waals surface area contributed by atoms with E-state index in [9.17, 15) is 5.11 Å². The number of phenolic OH excluding ortho intramolecular Hbond substituents is 1. The largest absolute Gasteiger partial charge is 0.504 e. The Hall–Kier alpha value is -2.06. The van der Waals surface area contributed by atoms with Crippen LogP contribution in [-0.4, -0.2) is 23.4 Å². The van der Waals surface area contributed by atoms with Crippen molar-refractivity contribution in [2.45, 2.75) is 0 Å². The third-order valence-corrected chi connectivity index (χ3v) is 7.04. The van der Waals surface area contributed by atoms with Gasteiger partial charge in [0.1, 0.15) is 5.52 Å². The lowest BCUT2D eigenvalue weighted by molar-refractivity contribution is 0.372. The number of halogens is 4. The maximum absolute atomic E-state index is 10.4. The lowest BCUT2D eigenvalue weighted by atomic mass is 10.2. The maximum Gasteiger partial charge on any atom is 0.227 e. The summed E-state index contributed by atoms with van der Waals surface area (Å²) in [5.41, 5.74) is 3.10.